The summed E-state index contributed by atoms with van der Waals surface area (Å²) in [6.07, 6.45) is 3.96. The Morgan fingerprint density at radius 2 is 2.28 bits per heavy atom. The van der Waals surface area contributed by atoms with Crippen LogP contribution in [0.25, 0.3) is 0 Å². The second kappa shape index (κ2) is 5.36. The highest BCUT2D eigenvalue weighted by atomic mass is 32.1. The molecule has 2 heterocycles. The van der Waals surface area contributed by atoms with Gasteiger partial charge < -0.3 is 4.57 Å². The van der Waals surface area contributed by atoms with Crippen molar-refractivity contribution in [3.05, 3.63) is 39.6 Å². The van der Waals surface area contributed by atoms with E-state index in [-0.39, 0.29) is 0 Å². The van der Waals surface area contributed by atoms with Crippen molar-refractivity contribution in [3.63, 3.8) is 0 Å². The number of thiazole rings is 1. The van der Waals surface area contributed by atoms with E-state index in [4.69, 9.17) is 5.26 Å². The van der Waals surface area contributed by atoms with Crippen LogP contribution in [0.15, 0.2) is 18.3 Å². The highest BCUT2D eigenvalue weighted by Gasteiger charge is 2.14. The van der Waals surface area contributed by atoms with E-state index in [0.29, 0.717) is 11.6 Å². The Morgan fingerprint density at radius 3 is 2.83 bits per heavy atom. The van der Waals surface area contributed by atoms with E-state index in [9.17, 15) is 0 Å². The van der Waals surface area contributed by atoms with Crippen LogP contribution in [0.4, 0.5) is 0 Å². The summed E-state index contributed by atoms with van der Waals surface area (Å²) in [5, 5.41) is 10.1. The molecule has 0 spiro atoms. The topological polar surface area (TPSA) is 41.6 Å². The first-order chi connectivity index (χ1) is 8.65. The molecular formula is C14H17N3S. The van der Waals surface area contributed by atoms with Crippen molar-refractivity contribution in [1.29, 1.82) is 5.26 Å². The van der Waals surface area contributed by atoms with E-state index in [1.54, 1.807) is 11.3 Å². The van der Waals surface area contributed by atoms with Gasteiger partial charge in [-0.1, -0.05) is 13.8 Å². The molecule has 0 N–H and O–H groups in total. The van der Waals surface area contributed by atoms with E-state index in [2.05, 4.69) is 24.9 Å². The highest BCUT2D eigenvalue weighted by Crippen LogP contribution is 2.24. The van der Waals surface area contributed by atoms with Gasteiger partial charge in [0.15, 0.2) is 0 Å². The molecule has 0 amide bonds. The summed E-state index contributed by atoms with van der Waals surface area (Å²) in [5.74, 6) is 0.382. The Labute approximate surface area is 112 Å². The maximum absolute atomic E-state index is 8.96. The SMILES string of the molecule is CCc1cnc(CC(C)c2ccc(C#N)n2C)s1. The molecule has 3 nitrogen and oxygen atoms in total. The zero-order chi connectivity index (χ0) is 13.1. The molecule has 18 heavy (non-hydrogen) atoms. The molecule has 1 unspecified atom stereocenters. The van der Waals surface area contributed by atoms with E-state index in [1.807, 2.05) is 29.9 Å². The van der Waals surface area contributed by atoms with E-state index in [0.717, 1.165) is 12.8 Å². The quantitative estimate of drug-likeness (QED) is 0.845. The molecule has 2 aromatic rings. The van der Waals surface area contributed by atoms with Crippen molar-refractivity contribution in [2.45, 2.75) is 32.6 Å². The second-order valence-corrected chi connectivity index (χ2v) is 5.69. The van der Waals surface area contributed by atoms with Crippen LogP contribution in [0.1, 0.15) is 41.0 Å². The van der Waals surface area contributed by atoms with Crippen LogP contribution in [-0.4, -0.2) is 9.55 Å². The number of nitriles is 1. The number of nitrogens with zero attached hydrogens (tertiary/aromatic N) is 3. The maximum Gasteiger partial charge on any atom is 0.120 e. The molecule has 0 aromatic carbocycles. The maximum atomic E-state index is 8.96. The normalized spacial score (nSPS) is 12.3. The Morgan fingerprint density at radius 1 is 1.50 bits per heavy atom. The Hall–Kier alpha value is -1.60. The average Bonchev–Trinajstić information content (AvgIpc) is 2.95. The summed E-state index contributed by atoms with van der Waals surface area (Å²) in [6.45, 7) is 4.33. The minimum Gasteiger partial charge on any atom is -0.339 e. The first-order valence-corrected chi connectivity index (χ1v) is 6.96. The zero-order valence-corrected chi connectivity index (χ0v) is 11.8. The number of rotatable bonds is 4. The number of hydrogen-bond donors (Lipinski definition) is 0. The van der Waals surface area contributed by atoms with Crippen molar-refractivity contribution in [2.75, 3.05) is 0 Å². The van der Waals surface area contributed by atoms with Crippen molar-refractivity contribution < 1.29 is 0 Å². The summed E-state index contributed by atoms with van der Waals surface area (Å²) < 4.78 is 1.97. The average molecular weight is 259 g/mol. The molecule has 2 aromatic heterocycles. The summed E-state index contributed by atoms with van der Waals surface area (Å²) in [5.41, 5.74) is 1.91. The van der Waals surface area contributed by atoms with E-state index >= 15 is 0 Å². The van der Waals surface area contributed by atoms with E-state index in [1.165, 1.54) is 15.6 Å². The Kier molecular flexibility index (Phi) is 3.83. The second-order valence-electron chi connectivity index (χ2n) is 4.49. The van der Waals surface area contributed by atoms with Crippen molar-refractivity contribution in [3.8, 4) is 6.07 Å². The van der Waals surface area contributed by atoms with Crippen LogP contribution in [0.3, 0.4) is 0 Å². The van der Waals surface area contributed by atoms with Crippen molar-refractivity contribution in [2.24, 2.45) is 7.05 Å². The van der Waals surface area contributed by atoms with Crippen LogP contribution in [0.5, 0.6) is 0 Å². The molecule has 0 aliphatic rings. The van der Waals surface area contributed by atoms with Crippen LogP contribution in [0.2, 0.25) is 0 Å². The number of aromatic nitrogens is 2. The van der Waals surface area contributed by atoms with Crippen LogP contribution < -0.4 is 0 Å². The molecule has 1 atom stereocenters. The smallest absolute Gasteiger partial charge is 0.120 e. The Balaban J connectivity index is 2.14. The van der Waals surface area contributed by atoms with Crippen molar-refractivity contribution >= 4 is 11.3 Å². The molecule has 94 valence electrons. The molecule has 4 heteroatoms. The van der Waals surface area contributed by atoms with Gasteiger partial charge in [-0.15, -0.1) is 11.3 Å². The standard InChI is InChI=1S/C14H17N3S/c1-4-12-9-16-14(18-12)7-10(2)13-6-5-11(8-15)17(13)3/h5-6,9-10H,4,7H2,1-3H3. The molecule has 0 aliphatic carbocycles. The molecular weight excluding hydrogens is 242 g/mol. The first kappa shape index (κ1) is 12.8. The summed E-state index contributed by atoms with van der Waals surface area (Å²) in [6, 6.07) is 6.12. The summed E-state index contributed by atoms with van der Waals surface area (Å²) in [4.78, 5) is 5.79. The van der Waals surface area contributed by atoms with Gasteiger partial charge in [0.2, 0.25) is 0 Å². The number of hydrogen-bond acceptors (Lipinski definition) is 3. The lowest BCUT2D eigenvalue weighted by atomic mass is 10.0. The minimum atomic E-state index is 0.382. The fourth-order valence-electron chi connectivity index (χ4n) is 2.11. The molecule has 0 saturated heterocycles. The highest BCUT2D eigenvalue weighted by molar-refractivity contribution is 7.11. The summed E-state index contributed by atoms with van der Waals surface area (Å²) in [7, 11) is 1.95. The summed E-state index contributed by atoms with van der Waals surface area (Å²) >= 11 is 1.79. The molecule has 2 rings (SSSR count). The van der Waals surface area contributed by atoms with Gasteiger partial charge >= 0.3 is 0 Å². The number of aryl methyl sites for hydroxylation is 1. The van der Waals surface area contributed by atoms with Gasteiger partial charge in [-0.25, -0.2) is 4.98 Å². The zero-order valence-electron chi connectivity index (χ0n) is 11.0. The predicted molar refractivity (Wildman–Crippen MR) is 73.7 cm³/mol. The molecule has 0 radical (unpaired) electrons. The first-order valence-electron chi connectivity index (χ1n) is 6.15. The molecule has 0 aliphatic heterocycles. The van der Waals surface area contributed by atoms with Crippen LogP contribution in [-0.2, 0) is 19.9 Å². The largest absolute Gasteiger partial charge is 0.339 e. The van der Waals surface area contributed by atoms with Gasteiger partial charge in [-0.05, 0) is 18.6 Å². The Bertz CT molecular complexity index is 574. The lowest BCUT2D eigenvalue weighted by Gasteiger charge is -2.11. The third-order valence-corrected chi connectivity index (χ3v) is 4.37. The fraction of sp³-hybridized carbons (Fsp3) is 0.429. The molecule has 0 bridgehead atoms. The van der Waals surface area contributed by atoms with Gasteiger partial charge in [-0.3, -0.25) is 0 Å². The minimum absolute atomic E-state index is 0.382. The lowest BCUT2D eigenvalue weighted by Crippen LogP contribution is -2.05. The van der Waals surface area contributed by atoms with Crippen LogP contribution in [0, 0.1) is 11.3 Å². The van der Waals surface area contributed by atoms with E-state index < -0.39 is 0 Å². The lowest BCUT2D eigenvalue weighted by molar-refractivity contribution is 0.677. The van der Waals surface area contributed by atoms with Gasteiger partial charge in [0.1, 0.15) is 11.8 Å². The third kappa shape index (κ3) is 2.46. The van der Waals surface area contributed by atoms with Gasteiger partial charge in [0, 0.05) is 36.2 Å². The van der Waals surface area contributed by atoms with Crippen molar-refractivity contribution in [1.82, 2.24) is 9.55 Å². The van der Waals surface area contributed by atoms with Gasteiger partial charge in [-0.2, -0.15) is 5.26 Å². The predicted octanol–water partition coefficient (Wildman–Crippen LogP) is 3.26. The molecule has 0 fully saturated rings. The fourth-order valence-corrected chi connectivity index (χ4v) is 3.10. The van der Waals surface area contributed by atoms with Gasteiger partial charge in [0.05, 0.1) is 5.01 Å². The third-order valence-electron chi connectivity index (χ3n) is 3.21. The molecule has 0 saturated carbocycles. The van der Waals surface area contributed by atoms with Crippen LogP contribution >= 0.6 is 11.3 Å². The van der Waals surface area contributed by atoms with Gasteiger partial charge in [0.25, 0.3) is 0 Å². The monoisotopic (exact) mass is 259 g/mol.